The van der Waals surface area contributed by atoms with Crippen molar-refractivity contribution in [3.05, 3.63) is 34.1 Å². The highest BCUT2D eigenvalue weighted by Gasteiger charge is 2.13. The molecule has 0 saturated heterocycles. The van der Waals surface area contributed by atoms with Crippen molar-refractivity contribution >= 4 is 11.4 Å². The number of benzene rings is 1. The van der Waals surface area contributed by atoms with E-state index in [-0.39, 0.29) is 17.4 Å². The van der Waals surface area contributed by atoms with Gasteiger partial charge in [-0.3, -0.25) is 10.1 Å². The number of nitro groups is 1. The standard InChI is InChI=1S/C12H17FN2O3/c1-3-4-9(8-18-2)14-12-6-5-10(15(16)17)7-11(12)13/h5-7,9,14H,3-4,8H2,1-2H3. The number of halogens is 1. The van der Waals surface area contributed by atoms with Crippen LogP contribution in [-0.4, -0.2) is 24.7 Å². The van der Waals surface area contributed by atoms with Crippen LogP contribution in [0.3, 0.4) is 0 Å². The molecule has 0 aliphatic heterocycles. The molecule has 6 heteroatoms. The number of ether oxygens (including phenoxy) is 1. The molecule has 1 N–H and O–H groups in total. The van der Waals surface area contributed by atoms with Crippen LogP contribution >= 0.6 is 0 Å². The molecule has 0 radical (unpaired) electrons. The molecule has 0 aromatic heterocycles. The van der Waals surface area contributed by atoms with E-state index in [4.69, 9.17) is 4.74 Å². The monoisotopic (exact) mass is 256 g/mol. The quantitative estimate of drug-likeness (QED) is 0.601. The summed E-state index contributed by atoms with van der Waals surface area (Å²) in [6.45, 7) is 2.49. The zero-order chi connectivity index (χ0) is 13.5. The van der Waals surface area contributed by atoms with Crippen LogP contribution in [0.4, 0.5) is 15.8 Å². The van der Waals surface area contributed by atoms with Crippen molar-refractivity contribution in [2.45, 2.75) is 25.8 Å². The Kier molecular flexibility index (Phi) is 5.51. The topological polar surface area (TPSA) is 64.4 Å². The van der Waals surface area contributed by atoms with E-state index < -0.39 is 10.7 Å². The average Bonchev–Trinajstić information content (AvgIpc) is 2.32. The van der Waals surface area contributed by atoms with Gasteiger partial charge >= 0.3 is 0 Å². The minimum Gasteiger partial charge on any atom is -0.383 e. The Balaban J connectivity index is 2.79. The second-order valence-corrected chi connectivity index (χ2v) is 4.01. The van der Waals surface area contributed by atoms with Crippen LogP contribution in [0.25, 0.3) is 0 Å². The van der Waals surface area contributed by atoms with Crippen molar-refractivity contribution in [2.75, 3.05) is 19.0 Å². The highest BCUT2D eigenvalue weighted by Crippen LogP contribution is 2.21. The summed E-state index contributed by atoms with van der Waals surface area (Å²) >= 11 is 0. The van der Waals surface area contributed by atoms with E-state index in [0.717, 1.165) is 18.9 Å². The Morgan fingerprint density at radius 1 is 1.56 bits per heavy atom. The molecule has 0 fully saturated rings. The maximum atomic E-state index is 13.6. The largest absolute Gasteiger partial charge is 0.383 e. The molecule has 1 atom stereocenters. The predicted octanol–water partition coefficient (Wildman–Crippen LogP) is 2.96. The summed E-state index contributed by atoms with van der Waals surface area (Å²) in [4.78, 5) is 9.87. The third kappa shape index (κ3) is 3.96. The number of methoxy groups -OCH3 is 1. The van der Waals surface area contributed by atoms with Gasteiger partial charge in [0.15, 0.2) is 5.82 Å². The summed E-state index contributed by atoms with van der Waals surface area (Å²) in [5.74, 6) is -0.624. The fourth-order valence-electron chi connectivity index (χ4n) is 1.70. The number of nitrogens with zero attached hydrogens (tertiary/aromatic N) is 1. The number of nitro benzene ring substituents is 1. The molecule has 1 aromatic carbocycles. The van der Waals surface area contributed by atoms with E-state index >= 15 is 0 Å². The first-order valence-corrected chi connectivity index (χ1v) is 5.77. The van der Waals surface area contributed by atoms with Crippen molar-refractivity contribution in [3.8, 4) is 0 Å². The van der Waals surface area contributed by atoms with Gasteiger partial charge in [-0.05, 0) is 12.5 Å². The Labute approximate surface area is 105 Å². The third-order valence-corrected chi connectivity index (χ3v) is 2.53. The fourth-order valence-corrected chi connectivity index (χ4v) is 1.70. The van der Waals surface area contributed by atoms with Crippen LogP contribution in [0.2, 0.25) is 0 Å². The van der Waals surface area contributed by atoms with Crippen LogP contribution in [0, 0.1) is 15.9 Å². The van der Waals surface area contributed by atoms with Crippen LogP contribution in [-0.2, 0) is 4.74 Å². The van der Waals surface area contributed by atoms with Gasteiger partial charge < -0.3 is 10.1 Å². The van der Waals surface area contributed by atoms with Crippen LogP contribution in [0.1, 0.15) is 19.8 Å². The Hall–Kier alpha value is -1.69. The van der Waals surface area contributed by atoms with Gasteiger partial charge in [-0.2, -0.15) is 0 Å². The van der Waals surface area contributed by atoms with Crippen molar-refractivity contribution in [1.29, 1.82) is 0 Å². The molecule has 0 spiro atoms. The maximum Gasteiger partial charge on any atom is 0.272 e. The molecule has 0 amide bonds. The molecule has 18 heavy (non-hydrogen) atoms. The van der Waals surface area contributed by atoms with Crippen LogP contribution in [0.5, 0.6) is 0 Å². The summed E-state index contributed by atoms with van der Waals surface area (Å²) in [6, 6.07) is 3.57. The Morgan fingerprint density at radius 3 is 2.78 bits per heavy atom. The molecule has 100 valence electrons. The van der Waals surface area contributed by atoms with E-state index in [0.29, 0.717) is 6.61 Å². The van der Waals surface area contributed by atoms with Gasteiger partial charge in [-0.1, -0.05) is 13.3 Å². The molecule has 1 aromatic rings. The molecular weight excluding hydrogens is 239 g/mol. The smallest absolute Gasteiger partial charge is 0.272 e. The number of anilines is 1. The van der Waals surface area contributed by atoms with Gasteiger partial charge in [-0.25, -0.2) is 4.39 Å². The van der Waals surface area contributed by atoms with Crippen molar-refractivity contribution < 1.29 is 14.1 Å². The molecule has 5 nitrogen and oxygen atoms in total. The number of hydrogen-bond donors (Lipinski definition) is 1. The minimum atomic E-state index is -0.624. The van der Waals surface area contributed by atoms with E-state index in [9.17, 15) is 14.5 Å². The van der Waals surface area contributed by atoms with Crippen molar-refractivity contribution in [1.82, 2.24) is 0 Å². The number of rotatable bonds is 7. The van der Waals surface area contributed by atoms with Gasteiger partial charge in [0.05, 0.1) is 23.3 Å². The number of non-ortho nitro benzene ring substituents is 1. The molecule has 0 aliphatic rings. The maximum absolute atomic E-state index is 13.6. The lowest BCUT2D eigenvalue weighted by molar-refractivity contribution is -0.385. The first kappa shape index (κ1) is 14.4. The number of hydrogen-bond acceptors (Lipinski definition) is 4. The van der Waals surface area contributed by atoms with Gasteiger partial charge in [0.2, 0.25) is 0 Å². The van der Waals surface area contributed by atoms with E-state index in [1.807, 2.05) is 6.92 Å². The third-order valence-electron chi connectivity index (χ3n) is 2.53. The van der Waals surface area contributed by atoms with Crippen LogP contribution < -0.4 is 5.32 Å². The second-order valence-electron chi connectivity index (χ2n) is 4.01. The average molecular weight is 256 g/mol. The molecule has 0 aliphatic carbocycles. The van der Waals surface area contributed by atoms with Gasteiger partial charge in [0.25, 0.3) is 5.69 Å². The van der Waals surface area contributed by atoms with E-state index in [1.165, 1.54) is 12.1 Å². The lowest BCUT2D eigenvalue weighted by Gasteiger charge is -2.18. The molecule has 0 bridgehead atoms. The van der Waals surface area contributed by atoms with E-state index in [1.54, 1.807) is 7.11 Å². The van der Waals surface area contributed by atoms with E-state index in [2.05, 4.69) is 5.32 Å². The molecule has 1 unspecified atom stereocenters. The zero-order valence-electron chi connectivity index (χ0n) is 10.5. The molecule has 1 rings (SSSR count). The Morgan fingerprint density at radius 2 is 2.28 bits per heavy atom. The summed E-state index contributed by atoms with van der Waals surface area (Å²) in [5.41, 5.74) is 0.00735. The lowest BCUT2D eigenvalue weighted by Crippen LogP contribution is -2.25. The Bertz CT molecular complexity index is 406. The van der Waals surface area contributed by atoms with Crippen molar-refractivity contribution in [3.63, 3.8) is 0 Å². The molecular formula is C12H17FN2O3. The summed E-state index contributed by atoms with van der Waals surface area (Å²) < 4.78 is 18.7. The summed E-state index contributed by atoms with van der Waals surface area (Å²) in [5, 5.41) is 13.5. The summed E-state index contributed by atoms with van der Waals surface area (Å²) in [6.07, 6.45) is 1.78. The highest BCUT2D eigenvalue weighted by molar-refractivity contribution is 5.50. The lowest BCUT2D eigenvalue weighted by atomic mass is 10.1. The first-order valence-electron chi connectivity index (χ1n) is 5.77. The minimum absolute atomic E-state index is 0.00374. The normalized spacial score (nSPS) is 12.2. The molecule has 0 heterocycles. The summed E-state index contributed by atoms with van der Waals surface area (Å²) in [7, 11) is 1.58. The van der Waals surface area contributed by atoms with Crippen molar-refractivity contribution in [2.24, 2.45) is 0 Å². The predicted molar refractivity (Wildman–Crippen MR) is 67.2 cm³/mol. The number of nitrogens with one attached hydrogen (secondary N) is 1. The van der Waals surface area contributed by atoms with Crippen LogP contribution in [0.15, 0.2) is 18.2 Å². The van der Waals surface area contributed by atoms with Gasteiger partial charge in [0.1, 0.15) is 0 Å². The first-order chi connectivity index (χ1) is 8.58. The fraction of sp³-hybridized carbons (Fsp3) is 0.500. The zero-order valence-corrected chi connectivity index (χ0v) is 10.5. The van der Waals surface area contributed by atoms with Gasteiger partial charge in [-0.15, -0.1) is 0 Å². The highest BCUT2D eigenvalue weighted by atomic mass is 19.1. The van der Waals surface area contributed by atoms with Gasteiger partial charge in [0, 0.05) is 19.2 Å². The molecule has 0 saturated carbocycles. The SMILES string of the molecule is CCCC(COC)Nc1ccc([N+](=O)[O-])cc1F. The second kappa shape index (κ2) is 6.90.